The fourth-order valence-corrected chi connectivity index (χ4v) is 2.58. The maximum atomic E-state index is 12.2. The van der Waals surface area contributed by atoms with Crippen LogP contribution in [0.5, 0.6) is 23.0 Å². The van der Waals surface area contributed by atoms with Crippen molar-refractivity contribution in [2.24, 2.45) is 4.99 Å². The number of carbonyl (C=O) groups excluding carboxylic acids is 1. The van der Waals surface area contributed by atoms with E-state index in [1.165, 1.54) is 21.3 Å². The molecule has 0 spiro atoms. The Kier molecular flexibility index (Phi) is 5.30. The van der Waals surface area contributed by atoms with Gasteiger partial charge in [-0.25, -0.2) is 9.79 Å². The van der Waals surface area contributed by atoms with Crippen LogP contribution in [-0.4, -0.2) is 40.3 Å². The van der Waals surface area contributed by atoms with Crippen molar-refractivity contribution in [1.29, 1.82) is 0 Å². The molecule has 0 fully saturated rings. The molecule has 0 radical (unpaired) electrons. The lowest BCUT2D eigenvalue weighted by molar-refractivity contribution is -0.129. The van der Waals surface area contributed by atoms with Gasteiger partial charge in [0.15, 0.2) is 17.2 Å². The molecule has 0 aromatic heterocycles. The van der Waals surface area contributed by atoms with Crippen molar-refractivity contribution >= 4 is 17.9 Å². The smallest absolute Gasteiger partial charge is 0.363 e. The molecule has 0 bridgehead atoms. The SMILES string of the molecule is COc1ccc(C2=NC(=Cc3cc(OC)c(OC)cc3OC)C(=O)O2)cc1. The van der Waals surface area contributed by atoms with E-state index in [-0.39, 0.29) is 11.6 Å². The molecule has 27 heavy (non-hydrogen) atoms. The van der Waals surface area contributed by atoms with E-state index in [0.29, 0.717) is 34.1 Å². The summed E-state index contributed by atoms with van der Waals surface area (Å²) < 4.78 is 26.4. The van der Waals surface area contributed by atoms with Crippen LogP contribution >= 0.6 is 0 Å². The normalized spacial score (nSPS) is 14.6. The quantitative estimate of drug-likeness (QED) is 0.575. The minimum absolute atomic E-state index is 0.159. The van der Waals surface area contributed by atoms with Gasteiger partial charge in [-0.3, -0.25) is 0 Å². The molecule has 0 aliphatic carbocycles. The predicted octanol–water partition coefficient (Wildman–Crippen LogP) is 3.07. The summed E-state index contributed by atoms with van der Waals surface area (Å²) in [6.07, 6.45) is 1.58. The molecule has 1 aliphatic rings. The van der Waals surface area contributed by atoms with Gasteiger partial charge in [0.2, 0.25) is 5.90 Å². The number of cyclic esters (lactones) is 1. The van der Waals surface area contributed by atoms with Gasteiger partial charge in [-0.2, -0.15) is 0 Å². The van der Waals surface area contributed by atoms with Crippen LogP contribution in [0, 0.1) is 0 Å². The summed E-state index contributed by atoms with van der Waals surface area (Å²) in [5, 5.41) is 0. The summed E-state index contributed by atoms with van der Waals surface area (Å²) in [5.74, 6) is 1.94. The maximum absolute atomic E-state index is 12.2. The molecule has 1 heterocycles. The van der Waals surface area contributed by atoms with E-state index >= 15 is 0 Å². The van der Waals surface area contributed by atoms with Gasteiger partial charge >= 0.3 is 5.97 Å². The highest BCUT2D eigenvalue weighted by atomic mass is 16.6. The van der Waals surface area contributed by atoms with Crippen LogP contribution in [0.15, 0.2) is 47.1 Å². The number of carbonyl (C=O) groups is 1. The van der Waals surface area contributed by atoms with Crippen LogP contribution in [0.2, 0.25) is 0 Å². The van der Waals surface area contributed by atoms with E-state index in [1.54, 1.807) is 49.6 Å². The van der Waals surface area contributed by atoms with Gasteiger partial charge < -0.3 is 23.7 Å². The van der Waals surface area contributed by atoms with Crippen LogP contribution in [0.3, 0.4) is 0 Å². The van der Waals surface area contributed by atoms with Crippen molar-refractivity contribution < 1.29 is 28.5 Å². The average molecular weight is 369 g/mol. The highest BCUT2D eigenvalue weighted by Crippen LogP contribution is 2.36. The molecule has 1 aliphatic heterocycles. The topological polar surface area (TPSA) is 75.6 Å². The van der Waals surface area contributed by atoms with Crippen molar-refractivity contribution in [1.82, 2.24) is 0 Å². The van der Waals surface area contributed by atoms with E-state index < -0.39 is 5.97 Å². The van der Waals surface area contributed by atoms with Gasteiger partial charge in [-0.15, -0.1) is 0 Å². The Morgan fingerprint density at radius 2 is 1.48 bits per heavy atom. The first-order valence-electron chi connectivity index (χ1n) is 8.06. The summed E-state index contributed by atoms with van der Waals surface area (Å²) >= 11 is 0. The first kappa shape index (κ1) is 18.3. The molecular weight excluding hydrogens is 350 g/mol. The van der Waals surface area contributed by atoms with Gasteiger partial charge in [0.25, 0.3) is 0 Å². The monoisotopic (exact) mass is 369 g/mol. The first-order chi connectivity index (χ1) is 13.1. The average Bonchev–Trinajstić information content (AvgIpc) is 3.08. The Hall–Kier alpha value is -3.48. The molecule has 0 unspecified atom stereocenters. The summed E-state index contributed by atoms with van der Waals surface area (Å²) in [4.78, 5) is 16.5. The van der Waals surface area contributed by atoms with Crippen LogP contribution in [0.1, 0.15) is 11.1 Å². The lowest BCUT2D eigenvalue weighted by atomic mass is 10.1. The van der Waals surface area contributed by atoms with Crippen molar-refractivity contribution in [2.75, 3.05) is 28.4 Å². The molecule has 2 aromatic rings. The van der Waals surface area contributed by atoms with Crippen LogP contribution in [0.25, 0.3) is 6.08 Å². The molecule has 0 atom stereocenters. The number of hydrogen-bond donors (Lipinski definition) is 0. The number of esters is 1. The van der Waals surface area contributed by atoms with Crippen LogP contribution in [-0.2, 0) is 9.53 Å². The van der Waals surface area contributed by atoms with E-state index in [0.717, 1.165) is 0 Å². The second-order valence-corrected chi connectivity index (χ2v) is 5.51. The zero-order valence-electron chi connectivity index (χ0n) is 15.4. The third-order valence-corrected chi connectivity index (χ3v) is 3.99. The lowest BCUT2D eigenvalue weighted by Crippen LogP contribution is -2.05. The van der Waals surface area contributed by atoms with E-state index in [2.05, 4.69) is 4.99 Å². The summed E-state index contributed by atoms with van der Waals surface area (Å²) in [6, 6.07) is 10.5. The highest BCUT2D eigenvalue weighted by molar-refractivity contribution is 6.13. The fraction of sp³-hybridized carbons (Fsp3) is 0.200. The fourth-order valence-electron chi connectivity index (χ4n) is 2.58. The molecular formula is C20H19NO6. The second kappa shape index (κ2) is 7.82. The number of nitrogens with zero attached hydrogens (tertiary/aromatic N) is 1. The van der Waals surface area contributed by atoms with Crippen LogP contribution in [0.4, 0.5) is 0 Å². The van der Waals surface area contributed by atoms with Crippen LogP contribution < -0.4 is 18.9 Å². The molecule has 2 aromatic carbocycles. The standard InChI is InChI=1S/C20H19NO6/c1-23-14-7-5-12(6-8-14)19-21-15(20(22)27-19)9-13-10-17(25-3)18(26-4)11-16(13)24-2/h5-11H,1-4H3. The molecule has 7 nitrogen and oxygen atoms in total. The zero-order valence-corrected chi connectivity index (χ0v) is 15.4. The summed E-state index contributed by atoms with van der Waals surface area (Å²) in [7, 11) is 6.18. The number of aliphatic imine (C=N–C) groups is 1. The lowest BCUT2D eigenvalue weighted by Gasteiger charge is -2.12. The Bertz CT molecular complexity index is 915. The van der Waals surface area contributed by atoms with E-state index in [4.69, 9.17) is 23.7 Å². The van der Waals surface area contributed by atoms with Gasteiger partial charge in [-0.1, -0.05) is 0 Å². The zero-order chi connectivity index (χ0) is 19.4. The minimum Gasteiger partial charge on any atom is -0.497 e. The van der Waals surface area contributed by atoms with Crippen molar-refractivity contribution in [3.05, 3.63) is 53.2 Å². The van der Waals surface area contributed by atoms with Gasteiger partial charge in [0, 0.05) is 17.2 Å². The number of rotatable bonds is 6. The first-order valence-corrected chi connectivity index (χ1v) is 8.06. The molecule has 0 amide bonds. The number of hydrogen-bond acceptors (Lipinski definition) is 7. The van der Waals surface area contributed by atoms with Crippen molar-refractivity contribution in [2.45, 2.75) is 0 Å². The largest absolute Gasteiger partial charge is 0.497 e. The van der Waals surface area contributed by atoms with Crippen molar-refractivity contribution in [3.63, 3.8) is 0 Å². The number of benzene rings is 2. The highest BCUT2D eigenvalue weighted by Gasteiger charge is 2.25. The number of methoxy groups -OCH3 is 4. The summed E-state index contributed by atoms with van der Waals surface area (Å²) in [5.41, 5.74) is 1.44. The maximum Gasteiger partial charge on any atom is 0.363 e. The van der Waals surface area contributed by atoms with Crippen molar-refractivity contribution in [3.8, 4) is 23.0 Å². The molecule has 0 saturated heterocycles. The Balaban J connectivity index is 1.98. The van der Waals surface area contributed by atoms with E-state index in [9.17, 15) is 4.79 Å². The number of ether oxygens (including phenoxy) is 5. The van der Waals surface area contributed by atoms with Gasteiger partial charge in [-0.05, 0) is 36.4 Å². The third kappa shape index (κ3) is 3.72. The predicted molar refractivity (Wildman–Crippen MR) is 99.7 cm³/mol. The molecule has 7 heteroatoms. The Morgan fingerprint density at radius 3 is 2.07 bits per heavy atom. The van der Waals surface area contributed by atoms with Gasteiger partial charge in [0.05, 0.1) is 28.4 Å². The Labute approximate surface area is 156 Å². The molecule has 140 valence electrons. The third-order valence-electron chi connectivity index (χ3n) is 3.99. The van der Waals surface area contributed by atoms with E-state index in [1.807, 2.05) is 0 Å². The van der Waals surface area contributed by atoms with Gasteiger partial charge in [0.1, 0.15) is 11.5 Å². The Morgan fingerprint density at radius 1 is 0.852 bits per heavy atom. The molecule has 0 N–H and O–H groups in total. The summed E-state index contributed by atoms with van der Waals surface area (Å²) in [6.45, 7) is 0. The minimum atomic E-state index is -0.544. The second-order valence-electron chi connectivity index (χ2n) is 5.51. The molecule has 3 rings (SSSR count). The molecule has 0 saturated carbocycles.